The van der Waals surface area contributed by atoms with Gasteiger partial charge < -0.3 is 14.6 Å². The Bertz CT molecular complexity index is 993. The van der Waals surface area contributed by atoms with E-state index in [4.69, 9.17) is 9.72 Å². The van der Waals surface area contributed by atoms with E-state index in [1.54, 1.807) is 0 Å². The quantitative estimate of drug-likeness (QED) is 0.452. The smallest absolute Gasteiger partial charge is 0.220 e. The number of nitrogens with one attached hydrogen (secondary N) is 1. The molecule has 30 heavy (non-hydrogen) atoms. The summed E-state index contributed by atoms with van der Waals surface area (Å²) in [6.45, 7) is 9.76. The van der Waals surface area contributed by atoms with Gasteiger partial charge in [0.05, 0.1) is 23.7 Å². The van der Waals surface area contributed by atoms with Crippen LogP contribution in [0.25, 0.3) is 11.0 Å². The van der Waals surface area contributed by atoms with Gasteiger partial charge in [0.2, 0.25) is 5.91 Å². The van der Waals surface area contributed by atoms with Gasteiger partial charge in [-0.05, 0) is 69.4 Å². The van der Waals surface area contributed by atoms with E-state index in [-0.39, 0.29) is 11.9 Å². The van der Waals surface area contributed by atoms with Crippen molar-refractivity contribution < 1.29 is 9.53 Å². The van der Waals surface area contributed by atoms with E-state index in [2.05, 4.69) is 35.9 Å². The number of fused-ring (bicyclic) bond motifs is 1. The Morgan fingerprint density at radius 2 is 1.93 bits per heavy atom. The third-order valence-corrected chi connectivity index (χ3v) is 5.51. The highest BCUT2D eigenvalue weighted by Gasteiger charge is 2.18. The zero-order valence-electron chi connectivity index (χ0n) is 18.6. The third-order valence-electron chi connectivity index (χ3n) is 5.51. The number of hydrogen-bond acceptors (Lipinski definition) is 3. The molecule has 0 saturated carbocycles. The van der Waals surface area contributed by atoms with Crippen molar-refractivity contribution in [3.8, 4) is 5.75 Å². The Balaban J connectivity index is 1.64. The van der Waals surface area contributed by atoms with Gasteiger partial charge in [-0.25, -0.2) is 4.98 Å². The molecule has 5 nitrogen and oxygen atoms in total. The number of amides is 1. The average molecular weight is 408 g/mol. The lowest BCUT2D eigenvalue weighted by atomic mass is 10.1. The summed E-state index contributed by atoms with van der Waals surface area (Å²) in [7, 11) is 0. The first kappa shape index (κ1) is 21.9. The number of unbranched alkanes of at least 4 members (excludes halogenated alkanes) is 1. The number of aryl methyl sites for hydroxylation is 2. The first-order chi connectivity index (χ1) is 14.5. The van der Waals surface area contributed by atoms with Crippen molar-refractivity contribution in [2.24, 2.45) is 0 Å². The maximum Gasteiger partial charge on any atom is 0.220 e. The minimum absolute atomic E-state index is 0.0746. The van der Waals surface area contributed by atoms with Crippen LogP contribution in [0, 0.1) is 13.8 Å². The Morgan fingerprint density at radius 3 is 2.73 bits per heavy atom. The van der Waals surface area contributed by atoms with Crippen LogP contribution in [-0.2, 0) is 11.3 Å². The zero-order valence-corrected chi connectivity index (χ0v) is 18.6. The van der Waals surface area contributed by atoms with Gasteiger partial charge in [0.25, 0.3) is 0 Å². The summed E-state index contributed by atoms with van der Waals surface area (Å²) in [6, 6.07) is 14.2. The summed E-state index contributed by atoms with van der Waals surface area (Å²) in [6.07, 6.45) is 3.32. The number of hydrogen-bond donors (Lipinski definition) is 1. The zero-order chi connectivity index (χ0) is 21.5. The largest absolute Gasteiger partial charge is 0.493 e. The van der Waals surface area contributed by atoms with Crippen molar-refractivity contribution in [1.82, 2.24) is 14.9 Å². The monoisotopic (exact) mass is 407 g/mol. The molecule has 160 valence electrons. The topological polar surface area (TPSA) is 56.2 Å². The summed E-state index contributed by atoms with van der Waals surface area (Å²) in [4.78, 5) is 16.9. The Labute approximate surface area is 179 Å². The van der Waals surface area contributed by atoms with Gasteiger partial charge in [-0.2, -0.15) is 0 Å². The van der Waals surface area contributed by atoms with Crippen molar-refractivity contribution >= 4 is 16.9 Å². The number of carbonyl (C=O) groups excluding carboxylic acids is 1. The number of aromatic nitrogens is 2. The Morgan fingerprint density at radius 1 is 1.13 bits per heavy atom. The van der Waals surface area contributed by atoms with Gasteiger partial charge in [0.15, 0.2) is 0 Å². The lowest BCUT2D eigenvalue weighted by Crippen LogP contribution is -2.28. The molecule has 1 heterocycles. The number of para-hydroxylation sites is 2. The fourth-order valence-electron chi connectivity index (χ4n) is 3.70. The van der Waals surface area contributed by atoms with Crippen LogP contribution >= 0.6 is 0 Å². The molecule has 3 rings (SSSR count). The number of rotatable bonds is 10. The lowest BCUT2D eigenvalue weighted by Gasteiger charge is -2.16. The molecule has 0 aliphatic heterocycles. The molecule has 1 atom stereocenters. The van der Waals surface area contributed by atoms with Crippen LogP contribution in [0.3, 0.4) is 0 Å². The third kappa shape index (κ3) is 5.21. The summed E-state index contributed by atoms with van der Waals surface area (Å²) >= 11 is 0. The van der Waals surface area contributed by atoms with Gasteiger partial charge in [0, 0.05) is 13.0 Å². The van der Waals surface area contributed by atoms with Gasteiger partial charge >= 0.3 is 0 Å². The molecule has 1 unspecified atom stereocenters. The SMILES string of the molecule is CCCC(=O)NC(C)c1nc2ccccc2n1CCCCOc1cccc(C)c1C. The summed E-state index contributed by atoms with van der Waals surface area (Å²) < 4.78 is 8.24. The molecule has 2 aromatic carbocycles. The fraction of sp³-hybridized carbons (Fsp3) is 0.440. The van der Waals surface area contributed by atoms with Gasteiger partial charge in [-0.3, -0.25) is 4.79 Å². The Hall–Kier alpha value is -2.82. The van der Waals surface area contributed by atoms with E-state index < -0.39 is 0 Å². The second-order valence-corrected chi connectivity index (χ2v) is 7.90. The minimum Gasteiger partial charge on any atom is -0.493 e. The molecule has 0 fully saturated rings. The molecule has 0 saturated heterocycles. The molecule has 1 N–H and O–H groups in total. The predicted molar refractivity (Wildman–Crippen MR) is 122 cm³/mol. The standard InChI is InChI=1S/C25H33N3O2/c1-5-11-24(29)26-20(4)25-27-21-13-6-7-14-22(21)28(25)16-8-9-17-30-23-15-10-12-18(2)19(23)3/h6-7,10,12-15,20H,5,8-9,11,16-17H2,1-4H3,(H,26,29). The van der Waals surface area contributed by atoms with Gasteiger partial charge in [-0.1, -0.05) is 31.2 Å². The number of benzene rings is 2. The van der Waals surface area contributed by atoms with Crippen LogP contribution in [0.4, 0.5) is 0 Å². The molecule has 0 bridgehead atoms. The van der Waals surface area contributed by atoms with Crippen LogP contribution in [0.5, 0.6) is 5.75 Å². The first-order valence-corrected chi connectivity index (χ1v) is 10.9. The van der Waals surface area contributed by atoms with E-state index in [0.717, 1.165) is 48.4 Å². The maximum atomic E-state index is 12.1. The molecule has 0 aliphatic carbocycles. The highest BCUT2D eigenvalue weighted by Crippen LogP contribution is 2.23. The van der Waals surface area contributed by atoms with Crippen molar-refractivity contribution in [1.29, 1.82) is 0 Å². The summed E-state index contributed by atoms with van der Waals surface area (Å²) in [5, 5.41) is 3.09. The van der Waals surface area contributed by atoms with Crippen LogP contribution in [0.15, 0.2) is 42.5 Å². The van der Waals surface area contributed by atoms with Crippen LogP contribution in [0.2, 0.25) is 0 Å². The maximum absolute atomic E-state index is 12.1. The van der Waals surface area contributed by atoms with Crippen LogP contribution in [-0.4, -0.2) is 22.1 Å². The van der Waals surface area contributed by atoms with Gasteiger partial charge in [0.1, 0.15) is 11.6 Å². The number of nitrogens with zero attached hydrogens (tertiary/aromatic N) is 2. The molecule has 3 aromatic rings. The highest BCUT2D eigenvalue weighted by atomic mass is 16.5. The average Bonchev–Trinajstić information content (AvgIpc) is 3.10. The second-order valence-electron chi connectivity index (χ2n) is 7.90. The number of carbonyl (C=O) groups is 1. The normalized spacial score (nSPS) is 12.1. The van der Waals surface area contributed by atoms with Crippen LogP contribution in [0.1, 0.15) is 62.5 Å². The van der Waals surface area contributed by atoms with Crippen molar-refractivity contribution in [3.05, 3.63) is 59.4 Å². The van der Waals surface area contributed by atoms with Crippen molar-refractivity contribution in [2.75, 3.05) is 6.61 Å². The number of ether oxygens (including phenoxy) is 1. The molecular formula is C25H33N3O2. The minimum atomic E-state index is -0.123. The van der Waals surface area contributed by atoms with Crippen molar-refractivity contribution in [2.45, 2.75) is 66.0 Å². The highest BCUT2D eigenvalue weighted by molar-refractivity contribution is 5.78. The Kier molecular flexibility index (Phi) is 7.50. The molecule has 0 spiro atoms. The fourth-order valence-corrected chi connectivity index (χ4v) is 3.70. The van der Waals surface area contributed by atoms with E-state index in [0.29, 0.717) is 13.0 Å². The second kappa shape index (κ2) is 10.3. The molecule has 1 amide bonds. The van der Waals surface area contributed by atoms with E-state index >= 15 is 0 Å². The summed E-state index contributed by atoms with van der Waals surface area (Å²) in [5.41, 5.74) is 4.54. The molecule has 5 heteroatoms. The molecular weight excluding hydrogens is 374 g/mol. The van der Waals surface area contributed by atoms with E-state index in [1.807, 2.05) is 44.2 Å². The molecule has 0 radical (unpaired) electrons. The molecule has 1 aromatic heterocycles. The number of imidazole rings is 1. The van der Waals surface area contributed by atoms with Crippen molar-refractivity contribution in [3.63, 3.8) is 0 Å². The predicted octanol–water partition coefficient (Wildman–Crippen LogP) is 5.49. The first-order valence-electron chi connectivity index (χ1n) is 10.9. The lowest BCUT2D eigenvalue weighted by molar-refractivity contribution is -0.121. The summed E-state index contributed by atoms with van der Waals surface area (Å²) in [5.74, 6) is 1.96. The van der Waals surface area contributed by atoms with Crippen LogP contribution < -0.4 is 10.1 Å². The molecule has 0 aliphatic rings. The van der Waals surface area contributed by atoms with E-state index in [9.17, 15) is 4.79 Å². The van der Waals surface area contributed by atoms with E-state index in [1.165, 1.54) is 11.1 Å². The van der Waals surface area contributed by atoms with Gasteiger partial charge in [-0.15, -0.1) is 0 Å².